The van der Waals surface area contributed by atoms with Crippen LogP contribution in [0.2, 0.25) is 0 Å². The summed E-state index contributed by atoms with van der Waals surface area (Å²) in [5, 5.41) is 9.66. The molecule has 0 aliphatic heterocycles. The average Bonchev–Trinajstić information content (AvgIpc) is 3.39. The zero-order chi connectivity index (χ0) is 49.8. The van der Waals surface area contributed by atoms with E-state index in [1.54, 1.807) is 6.92 Å². The molecule has 0 fully saturated rings. The van der Waals surface area contributed by atoms with Gasteiger partial charge in [-0.2, -0.15) is 9.59 Å². The summed E-state index contributed by atoms with van der Waals surface area (Å²) >= 11 is 6.96. The Morgan fingerprint density at radius 1 is 0.594 bits per heavy atom. The summed E-state index contributed by atoms with van der Waals surface area (Å²) < 4.78 is 17.2. The van der Waals surface area contributed by atoms with Crippen LogP contribution in [0.3, 0.4) is 0 Å². The van der Waals surface area contributed by atoms with Crippen molar-refractivity contribution in [3.8, 4) is 0 Å². The first-order chi connectivity index (χ1) is 33.4. The van der Waals surface area contributed by atoms with Crippen LogP contribution >= 0.6 is 31.9 Å². The van der Waals surface area contributed by atoms with Crippen molar-refractivity contribution in [1.29, 1.82) is 0 Å². The van der Waals surface area contributed by atoms with E-state index in [9.17, 15) is 19.5 Å². The molecule has 2 aliphatic rings. The molecule has 6 aromatic carbocycles. The Hall–Kier alpha value is -6.63. The van der Waals surface area contributed by atoms with Crippen LogP contribution in [0.1, 0.15) is 89.1 Å². The second-order valence-corrected chi connectivity index (χ2v) is 17.8. The molecular formula is C56H54Br2N2O9. The maximum atomic E-state index is 13.6. The molecule has 6 aromatic rings. The van der Waals surface area contributed by atoms with Gasteiger partial charge in [0.05, 0.1) is 38.9 Å². The Balaban J connectivity index is 0.000000212. The van der Waals surface area contributed by atoms with E-state index in [0.717, 1.165) is 85.7 Å². The standard InChI is InChI=1S/C28H26BrNO4.C17H17NO2.C10H11BrO.CO2/c1-33-26(31)28(27(32)34-2,24-15-9-14-19-16-17-22(29)18-23(19)24)30-25(20-10-5-3-6-11-20)21-12-7-4-8-13-21;1-13(17(19)20-2)18-16(14-9-5-3-6-10-14)15-11-7-4-8-12-15;11-8-5-4-7-2-1-3-10(12)9(7)6-8;2-1-3/h3-8,10-13,16-18,24H,9,14-15H2,1-2H3;3-13H,1-2H3;4-6,10,12H,1-3H2;/t24-;;10-;/m1.0./s1. The molecule has 1 N–H and O–H groups in total. The predicted molar refractivity (Wildman–Crippen MR) is 272 cm³/mol. The quantitative estimate of drug-likeness (QED) is 0.0610. The van der Waals surface area contributed by atoms with E-state index in [1.807, 2.05) is 152 Å². The lowest BCUT2D eigenvalue weighted by molar-refractivity contribution is -0.191. The SMILES string of the molecule is COC(=O)C(C)N=C(c1ccccc1)c1ccccc1.COC(=O)C(N=C(c1ccccc1)c1ccccc1)(C(=O)OC)[C@@H]1CCCc2ccc(Br)cc21.O=C=O.O[C@H]1CCCc2ccc(Br)cc21. The molecule has 1 unspecified atom stereocenters. The summed E-state index contributed by atoms with van der Waals surface area (Å²) in [4.78, 5) is 64.5. The highest BCUT2D eigenvalue weighted by atomic mass is 79.9. The van der Waals surface area contributed by atoms with Gasteiger partial charge in [0.15, 0.2) is 0 Å². The molecule has 13 heteroatoms. The minimum Gasteiger partial charge on any atom is -0.467 e. The fourth-order valence-corrected chi connectivity index (χ4v) is 9.14. The smallest absolute Gasteiger partial charge is 0.373 e. The number of aryl methyl sites for hydroxylation is 2. The number of esters is 3. The highest BCUT2D eigenvalue weighted by Crippen LogP contribution is 2.44. The highest BCUT2D eigenvalue weighted by molar-refractivity contribution is 9.10. The van der Waals surface area contributed by atoms with Crippen molar-refractivity contribution in [1.82, 2.24) is 0 Å². The van der Waals surface area contributed by atoms with Crippen LogP contribution < -0.4 is 0 Å². The number of hydrogen-bond acceptors (Lipinski definition) is 11. The van der Waals surface area contributed by atoms with Crippen molar-refractivity contribution >= 4 is 67.3 Å². The lowest BCUT2D eigenvalue weighted by Crippen LogP contribution is -2.53. The third kappa shape index (κ3) is 14.0. The number of rotatable bonds is 10. The van der Waals surface area contributed by atoms with Gasteiger partial charge < -0.3 is 19.3 Å². The lowest BCUT2D eigenvalue weighted by atomic mass is 9.71. The van der Waals surface area contributed by atoms with E-state index in [1.165, 1.54) is 26.9 Å². The van der Waals surface area contributed by atoms with Crippen LogP contribution in [0.15, 0.2) is 177 Å². The number of benzene rings is 6. The number of carbonyl (C=O) groups excluding carboxylic acids is 5. The van der Waals surface area contributed by atoms with E-state index in [2.05, 4.69) is 42.9 Å². The first kappa shape index (κ1) is 53.3. The van der Waals surface area contributed by atoms with Gasteiger partial charge in [0.1, 0.15) is 6.04 Å². The molecule has 356 valence electrons. The van der Waals surface area contributed by atoms with E-state index in [-0.39, 0.29) is 18.2 Å². The number of hydrogen-bond donors (Lipinski definition) is 1. The lowest BCUT2D eigenvalue weighted by Gasteiger charge is -2.37. The fourth-order valence-electron chi connectivity index (χ4n) is 8.39. The van der Waals surface area contributed by atoms with Crippen LogP contribution in [0.5, 0.6) is 0 Å². The number of aliphatic hydroxyl groups excluding tert-OH is 1. The largest absolute Gasteiger partial charge is 0.467 e. The van der Waals surface area contributed by atoms with Crippen LogP contribution in [0.25, 0.3) is 0 Å². The summed E-state index contributed by atoms with van der Waals surface area (Å²) in [6.07, 6.45) is 5.40. The number of methoxy groups -OCH3 is 3. The first-order valence-electron chi connectivity index (χ1n) is 22.3. The third-order valence-electron chi connectivity index (χ3n) is 11.7. The van der Waals surface area contributed by atoms with Crippen LogP contribution in [0, 0.1) is 0 Å². The Labute approximate surface area is 419 Å². The summed E-state index contributed by atoms with van der Waals surface area (Å²) in [7, 11) is 3.94. The van der Waals surface area contributed by atoms with Crippen molar-refractivity contribution in [3.63, 3.8) is 0 Å². The Morgan fingerprint density at radius 3 is 1.41 bits per heavy atom. The van der Waals surface area contributed by atoms with Crippen molar-refractivity contribution in [2.45, 2.75) is 69.1 Å². The molecule has 11 nitrogen and oxygen atoms in total. The summed E-state index contributed by atoms with van der Waals surface area (Å²) in [6.45, 7) is 1.73. The number of carbonyl (C=O) groups is 3. The first-order valence-corrected chi connectivity index (χ1v) is 23.9. The minimum atomic E-state index is -1.90. The van der Waals surface area contributed by atoms with Crippen molar-refractivity contribution in [2.75, 3.05) is 21.3 Å². The Morgan fingerprint density at radius 2 is 0.986 bits per heavy atom. The fraction of sp³-hybridized carbons (Fsp3) is 0.250. The van der Waals surface area contributed by atoms with Crippen molar-refractivity contribution in [2.24, 2.45) is 9.98 Å². The van der Waals surface area contributed by atoms with Gasteiger partial charge >= 0.3 is 24.1 Å². The molecule has 0 saturated carbocycles. The predicted octanol–water partition coefficient (Wildman–Crippen LogP) is 10.8. The maximum absolute atomic E-state index is 13.6. The Kier molecular flexibility index (Phi) is 20.7. The second-order valence-electron chi connectivity index (χ2n) is 16.0. The molecule has 8 rings (SSSR count). The number of aliphatic imine (C=N–C) groups is 2. The van der Waals surface area contributed by atoms with Crippen LogP contribution in [-0.4, -0.2) is 73.5 Å². The van der Waals surface area contributed by atoms with E-state index in [0.29, 0.717) is 12.1 Å². The van der Waals surface area contributed by atoms with Gasteiger partial charge in [0.2, 0.25) is 0 Å². The van der Waals surface area contributed by atoms with E-state index in [4.69, 9.17) is 28.8 Å². The number of aliphatic hydroxyl groups is 1. The zero-order valence-corrected chi connectivity index (χ0v) is 42.0. The minimum absolute atomic E-state index is 0.244. The average molecular weight is 1060 g/mol. The molecule has 3 atom stereocenters. The van der Waals surface area contributed by atoms with Crippen molar-refractivity contribution < 1.29 is 43.3 Å². The molecule has 0 saturated heterocycles. The van der Waals surface area contributed by atoms with Gasteiger partial charge in [-0.3, -0.25) is 9.98 Å². The normalized spacial score (nSPS) is 14.7. The van der Waals surface area contributed by atoms with Crippen LogP contribution in [-0.2, 0) is 51.0 Å². The number of ether oxygens (including phenoxy) is 3. The molecule has 2 aliphatic carbocycles. The number of halogens is 2. The molecule has 0 radical (unpaired) electrons. The molecule has 0 spiro atoms. The summed E-state index contributed by atoms with van der Waals surface area (Å²) in [5.41, 5.74) is 7.36. The molecule has 0 heterocycles. The molecule has 69 heavy (non-hydrogen) atoms. The van der Waals surface area contributed by atoms with Crippen LogP contribution in [0.4, 0.5) is 0 Å². The molecule has 0 amide bonds. The molecule has 0 bridgehead atoms. The monoisotopic (exact) mass is 1060 g/mol. The second kappa shape index (κ2) is 26.8. The third-order valence-corrected chi connectivity index (χ3v) is 12.6. The summed E-state index contributed by atoms with van der Waals surface area (Å²) in [5.74, 6) is -2.35. The Bertz CT molecular complexity index is 2630. The van der Waals surface area contributed by atoms with Gasteiger partial charge in [-0.05, 0) is 92.0 Å². The topological polar surface area (TPSA) is 158 Å². The number of nitrogens with zero attached hydrogens (tertiary/aromatic N) is 2. The molecule has 0 aromatic heterocycles. The van der Waals surface area contributed by atoms with E-state index >= 15 is 0 Å². The maximum Gasteiger partial charge on any atom is 0.373 e. The zero-order valence-electron chi connectivity index (χ0n) is 38.8. The van der Waals surface area contributed by atoms with Gasteiger partial charge in [0, 0.05) is 37.1 Å². The molecular weight excluding hydrogens is 1000 g/mol. The van der Waals surface area contributed by atoms with E-state index < -0.39 is 29.4 Å². The summed E-state index contributed by atoms with van der Waals surface area (Å²) in [6, 6.07) is 50.3. The van der Waals surface area contributed by atoms with Gasteiger partial charge in [0.25, 0.3) is 5.54 Å². The number of fused-ring (bicyclic) bond motifs is 2. The highest BCUT2D eigenvalue weighted by Gasteiger charge is 2.56. The van der Waals surface area contributed by atoms with Gasteiger partial charge in [-0.15, -0.1) is 0 Å². The van der Waals surface area contributed by atoms with Crippen molar-refractivity contribution in [3.05, 3.63) is 211 Å². The van der Waals surface area contributed by atoms with Gasteiger partial charge in [-0.25, -0.2) is 14.4 Å². The van der Waals surface area contributed by atoms with Gasteiger partial charge in [-0.1, -0.05) is 165 Å².